The highest BCUT2D eigenvalue weighted by Crippen LogP contribution is 2.16. The van der Waals surface area contributed by atoms with Gasteiger partial charge in [0.05, 0.1) is 13.0 Å². The lowest BCUT2D eigenvalue weighted by atomic mass is 10.1. The maximum Gasteiger partial charge on any atom is 0.306 e. The summed E-state index contributed by atoms with van der Waals surface area (Å²) < 4.78 is 4.90. The van der Waals surface area contributed by atoms with Crippen LogP contribution in [0.5, 0.6) is 0 Å². The number of nitrogens with one attached hydrogen (secondary N) is 2. The van der Waals surface area contributed by atoms with E-state index in [2.05, 4.69) is 10.6 Å². The number of carbonyl (C=O) groups excluding carboxylic acids is 2. The lowest BCUT2D eigenvalue weighted by Crippen LogP contribution is -2.34. The predicted octanol–water partition coefficient (Wildman–Crippen LogP) is 2.85. The number of aryl methyl sites for hydroxylation is 2. The molecule has 0 unspecified atom stereocenters. The Balaban J connectivity index is 2.40. The largest absolute Gasteiger partial charge is 0.466 e. The van der Waals surface area contributed by atoms with Gasteiger partial charge < -0.3 is 15.4 Å². The smallest absolute Gasteiger partial charge is 0.306 e. The average molecular weight is 322 g/mol. The first-order valence-electron chi connectivity index (χ1n) is 7.26. The lowest BCUT2D eigenvalue weighted by molar-refractivity contribution is -0.144. The molecule has 0 aliphatic rings. The van der Waals surface area contributed by atoms with E-state index in [1.807, 2.05) is 39.0 Å². The fourth-order valence-corrected chi connectivity index (χ4v) is 1.94. The van der Waals surface area contributed by atoms with E-state index in [1.165, 1.54) is 0 Å². The van der Waals surface area contributed by atoms with Crippen LogP contribution < -0.4 is 10.6 Å². The monoisotopic (exact) mass is 322 g/mol. The summed E-state index contributed by atoms with van der Waals surface area (Å²) in [6, 6.07) is 5.94. The Kier molecular flexibility index (Phi) is 7.52. The summed E-state index contributed by atoms with van der Waals surface area (Å²) in [4.78, 5) is 23.0. The van der Waals surface area contributed by atoms with E-state index in [4.69, 9.17) is 17.0 Å². The molecule has 2 N–H and O–H groups in total. The molecule has 22 heavy (non-hydrogen) atoms. The van der Waals surface area contributed by atoms with Crippen molar-refractivity contribution < 1.29 is 14.3 Å². The number of esters is 1. The molecule has 0 aliphatic heterocycles. The number of thiocarbonyl (C=S) groups is 1. The zero-order valence-corrected chi connectivity index (χ0v) is 14.0. The Morgan fingerprint density at radius 3 is 2.64 bits per heavy atom. The van der Waals surface area contributed by atoms with Gasteiger partial charge in [0.15, 0.2) is 5.11 Å². The molecule has 1 amide bonds. The van der Waals surface area contributed by atoms with Crippen molar-refractivity contribution in [1.29, 1.82) is 0 Å². The fourth-order valence-electron chi connectivity index (χ4n) is 1.72. The van der Waals surface area contributed by atoms with Crippen LogP contribution in [-0.2, 0) is 14.3 Å². The van der Waals surface area contributed by atoms with Gasteiger partial charge >= 0.3 is 5.97 Å². The van der Waals surface area contributed by atoms with Gasteiger partial charge in [-0.25, -0.2) is 0 Å². The number of rotatable bonds is 6. The van der Waals surface area contributed by atoms with Gasteiger partial charge in [-0.15, -0.1) is 0 Å². The van der Waals surface area contributed by atoms with Gasteiger partial charge in [-0.2, -0.15) is 0 Å². The Bertz CT molecular complexity index is 558. The Morgan fingerprint density at radius 2 is 1.95 bits per heavy atom. The number of carbonyl (C=O) groups is 2. The number of amides is 1. The fraction of sp³-hybridized carbons (Fsp3) is 0.438. The predicted molar refractivity (Wildman–Crippen MR) is 90.8 cm³/mol. The third-order valence-corrected chi connectivity index (χ3v) is 3.12. The second-order valence-corrected chi connectivity index (χ2v) is 5.45. The van der Waals surface area contributed by atoms with E-state index in [0.717, 1.165) is 23.2 Å². The minimum Gasteiger partial charge on any atom is -0.466 e. The molecule has 1 aromatic carbocycles. The standard InChI is InChI=1S/C16H22N2O3S/c1-4-9-21-15(20)8-7-14(19)18-16(22)17-13-10-11(2)5-6-12(13)3/h5-6,10H,4,7-9H2,1-3H3,(H2,17,18,19,22). The summed E-state index contributed by atoms with van der Waals surface area (Å²) in [6.07, 6.45) is 0.872. The molecule has 0 saturated carbocycles. The van der Waals surface area contributed by atoms with Gasteiger partial charge in [0.25, 0.3) is 0 Å². The van der Waals surface area contributed by atoms with Crippen molar-refractivity contribution in [3.63, 3.8) is 0 Å². The number of hydrogen-bond acceptors (Lipinski definition) is 4. The molecule has 1 aromatic rings. The number of ether oxygens (including phenoxy) is 1. The summed E-state index contributed by atoms with van der Waals surface area (Å²) in [5.74, 6) is -0.679. The van der Waals surface area contributed by atoms with Gasteiger partial charge in [0.2, 0.25) is 5.91 Å². The van der Waals surface area contributed by atoms with E-state index in [0.29, 0.717) is 6.61 Å². The lowest BCUT2D eigenvalue weighted by Gasteiger charge is -2.12. The summed E-state index contributed by atoms with van der Waals surface area (Å²) in [6.45, 7) is 6.23. The van der Waals surface area contributed by atoms with Gasteiger partial charge in [0, 0.05) is 12.1 Å². The number of anilines is 1. The summed E-state index contributed by atoms with van der Waals surface area (Å²) in [5, 5.41) is 5.77. The summed E-state index contributed by atoms with van der Waals surface area (Å²) in [5.41, 5.74) is 2.99. The minimum absolute atomic E-state index is 0.0527. The molecule has 0 saturated heterocycles. The van der Waals surface area contributed by atoms with E-state index in [9.17, 15) is 9.59 Å². The molecule has 6 heteroatoms. The van der Waals surface area contributed by atoms with E-state index < -0.39 is 0 Å². The van der Waals surface area contributed by atoms with Crippen molar-refractivity contribution in [2.24, 2.45) is 0 Å². The van der Waals surface area contributed by atoms with Crippen LogP contribution in [0.4, 0.5) is 5.69 Å². The highest BCUT2D eigenvalue weighted by atomic mass is 32.1. The molecule has 1 rings (SSSR count). The van der Waals surface area contributed by atoms with Crippen LogP contribution in [0.2, 0.25) is 0 Å². The molecule has 120 valence electrons. The minimum atomic E-state index is -0.370. The molecule has 0 aliphatic carbocycles. The molecular weight excluding hydrogens is 300 g/mol. The normalized spacial score (nSPS) is 9.95. The van der Waals surface area contributed by atoms with E-state index in [1.54, 1.807) is 0 Å². The Labute approximate surface area is 136 Å². The molecule has 0 aromatic heterocycles. The van der Waals surface area contributed by atoms with Gasteiger partial charge in [-0.05, 0) is 49.7 Å². The number of hydrogen-bond donors (Lipinski definition) is 2. The van der Waals surface area contributed by atoms with E-state index in [-0.39, 0.29) is 29.8 Å². The first-order chi connectivity index (χ1) is 10.4. The second kappa shape index (κ2) is 9.15. The molecule has 0 spiro atoms. The van der Waals surface area contributed by atoms with Crippen molar-refractivity contribution in [3.8, 4) is 0 Å². The second-order valence-electron chi connectivity index (χ2n) is 5.04. The first-order valence-corrected chi connectivity index (χ1v) is 7.67. The van der Waals surface area contributed by atoms with Crippen molar-refractivity contribution in [2.75, 3.05) is 11.9 Å². The molecule has 0 bridgehead atoms. The highest BCUT2D eigenvalue weighted by molar-refractivity contribution is 7.80. The van der Waals surface area contributed by atoms with Crippen LogP contribution in [0.3, 0.4) is 0 Å². The zero-order valence-electron chi connectivity index (χ0n) is 13.2. The van der Waals surface area contributed by atoms with Crippen molar-refractivity contribution >= 4 is 34.9 Å². The highest BCUT2D eigenvalue weighted by Gasteiger charge is 2.10. The maximum absolute atomic E-state index is 11.7. The van der Waals surface area contributed by atoms with E-state index >= 15 is 0 Å². The Morgan fingerprint density at radius 1 is 1.23 bits per heavy atom. The zero-order chi connectivity index (χ0) is 16.5. The van der Waals surface area contributed by atoms with Crippen LogP contribution in [-0.4, -0.2) is 23.6 Å². The van der Waals surface area contributed by atoms with Crippen LogP contribution in [0, 0.1) is 13.8 Å². The van der Waals surface area contributed by atoms with Crippen molar-refractivity contribution in [3.05, 3.63) is 29.3 Å². The van der Waals surface area contributed by atoms with Crippen LogP contribution in [0.1, 0.15) is 37.3 Å². The molecule has 0 atom stereocenters. The van der Waals surface area contributed by atoms with Crippen LogP contribution in [0.25, 0.3) is 0 Å². The van der Waals surface area contributed by atoms with Gasteiger partial charge in [-0.1, -0.05) is 19.1 Å². The first kappa shape index (κ1) is 18.1. The quantitative estimate of drug-likeness (QED) is 0.623. The SMILES string of the molecule is CCCOC(=O)CCC(=O)NC(=S)Nc1cc(C)ccc1C. The summed E-state index contributed by atoms with van der Waals surface area (Å²) >= 11 is 5.11. The van der Waals surface area contributed by atoms with Gasteiger partial charge in [-0.3, -0.25) is 9.59 Å². The Hall–Kier alpha value is -1.95. The molecule has 0 fully saturated rings. The molecule has 0 radical (unpaired) electrons. The molecular formula is C16H22N2O3S. The summed E-state index contributed by atoms with van der Waals surface area (Å²) in [7, 11) is 0. The molecule has 5 nitrogen and oxygen atoms in total. The number of benzene rings is 1. The average Bonchev–Trinajstić information content (AvgIpc) is 2.46. The van der Waals surface area contributed by atoms with Gasteiger partial charge in [0.1, 0.15) is 0 Å². The topological polar surface area (TPSA) is 67.4 Å². The van der Waals surface area contributed by atoms with Crippen molar-refractivity contribution in [2.45, 2.75) is 40.0 Å². The molecule has 0 heterocycles. The van der Waals surface area contributed by atoms with Crippen LogP contribution in [0.15, 0.2) is 18.2 Å². The van der Waals surface area contributed by atoms with Crippen LogP contribution >= 0.6 is 12.2 Å². The third kappa shape index (κ3) is 6.67. The maximum atomic E-state index is 11.7. The third-order valence-electron chi connectivity index (χ3n) is 2.92. The van der Waals surface area contributed by atoms with Crippen molar-refractivity contribution in [1.82, 2.24) is 5.32 Å².